The van der Waals surface area contributed by atoms with Crippen molar-refractivity contribution in [3.63, 3.8) is 0 Å². The van der Waals surface area contributed by atoms with Crippen molar-refractivity contribution >= 4 is 11.3 Å². The Morgan fingerprint density at radius 2 is 2.55 bits per heavy atom. The van der Waals surface area contributed by atoms with E-state index < -0.39 is 5.60 Å². The lowest BCUT2D eigenvalue weighted by Crippen LogP contribution is -2.22. The number of thiophene rings is 1. The van der Waals surface area contributed by atoms with Gasteiger partial charge in [0.05, 0.1) is 5.60 Å². The predicted octanol–water partition coefficient (Wildman–Crippen LogP) is 2.23. The van der Waals surface area contributed by atoms with Crippen LogP contribution in [-0.2, 0) is 6.42 Å². The molecule has 0 saturated heterocycles. The van der Waals surface area contributed by atoms with Gasteiger partial charge >= 0.3 is 0 Å². The molecule has 11 heavy (non-hydrogen) atoms. The fraction of sp³-hybridized carbons (Fsp3) is 0.333. The second kappa shape index (κ2) is 3.20. The molecule has 1 nitrogen and oxygen atoms in total. The van der Waals surface area contributed by atoms with Crippen molar-refractivity contribution < 1.29 is 5.11 Å². The molecule has 0 aliphatic rings. The van der Waals surface area contributed by atoms with Gasteiger partial charge in [-0.05, 0) is 18.4 Å². The summed E-state index contributed by atoms with van der Waals surface area (Å²) in [6, 6.07) is 4.00. The molecule has 0 aliphatic heterocycles. The van der Waals surface area contributed by atoms with Crippen LogP contribution in [0.3, 0.4) is 0 Å². The van der Waals surface area contributed by atoms with Crippen molar-refractivity contribution in [2.24, 2.45) is 0 Å². The number of rotatable bonds is 3. The summed E-state index contributed by atoms with van der Waals surface area (Å²) < 4.78 is 0. The van der Waals surface area contributed by atoms with Gasteiger partial charge in [0.2, 0.25) is 0 Å². The van der Waals surface area contributed by atoms with E-state index in [9.17, 15) is 5.11 Å². The predicted molar refractivity (Wildman–Crippen MR) is 48.8 cm³/mol. The van der Waals surface area contributed by atoms with Gasteiger partial charge < -0.3 is 5.11 Å². The largest absolute Gasteiger partial charge is 0.386 e. The van der Waals surface area contributed by atoms with Crippen molar-refractivity contribution in [3.8, 4) is 0 Å². The van der Waals surface area contributed by atoms with E-state index in [1.807, 2.05) is 17.5 Å². The smallest absolute Gasteiger partial charge is 0.0845 e. The van der Waals surface area contributed by atoms with Crippen LogP contribution in [-0.4, -0.2) is 10.7 Å². The Balaban J connectivity index is 2.63. The van der Waals surface area contributed by atoms with Gasteiger partial charge in [0, 0.05) is 11.3 Å². The van der Waals surface area contributed by atoms with E-state index in [2.05, 4.69) is 6.58 Å². The second-order valence-electron chi connectivity index (χ2n) is 2.82. The van der Waals surface area contributed by atoms with E-state index >= 15 is 0 Å². The zero-order valence-corrected chi connectivity index (χ0v) is 7.40. The Labute approximate surface area is 71.0 Å². The van der Waals surface area contributed by atoms with Gasteiger partial charge in [0.25, 0.3) is 0 Å². The van der Waals surface area contributed by atoms with Crippen LogP contribution < -0.4 is 0 Å². The standard InChI is InChI=1S/C9H12OS/c1-3-9(2,10)7-8-5-4-6-11-8/h3-6,10H,1,7H2,2H3. The first kappa shape index (κ1) is 8.50. The molecular formula is C9H12OS. The lowest BCUT2D eigenvalue weighted by Gasteiger charge is -2.16. The Hall–Kier alpha value is -0.600. The molecule has 0 bridgehead atoms. The van der Waals surface area contributed by atoms with Crippen LogP contribution in [0, 0.1) is 0 Å². The van der Waals surface area contributed by atoms with Crippen LogP contribution in [0.1, 0.15) is 11.8 Å². The minimum absolute atomic E-state index is 0.661. The molecule has 0 amide bonds. The third-order valence-corrected chi connectivity index (χ3v) is 2.43. The van der Waals surface area contributed by atoms with Gasteiger partial charge in [0.15, 0.2) is 0 Å². The molecule has 1 heterocycles. The summed E-state index contributed by atoms with van der Waals surface area (Å²) in [4.78, 5) is 1.19. The first-order valence-electron chi connectivity index (χ1n) is 3.52. The third kappa shape index (κ3) is 2.48. The summed E-state index contributed by atoms with van der Waals surface area (Å²) >= 11 is 1.66. The van der Waals surface area contributed by atoms with E-state index in [-0.39, 0.29) is 0 Å². The lowest BCUT2D eigenvalue weighted by atomic mass is 10.0. The van der Waals surface area contributed by atoms with Crippen molar-refractivity contribution in [2.75, 3.05) is 0 Å². The minimum atomic E-state index is -0.759. The van der Waals surface area contributed by atoms with Crippen molar-refractivity contribution in [3.05, 3.63) is 35.0 Å². The summed E-state index contributed by atoms with van der Waals surface area (Å²) in [5.41, 5.74) is -0.759. The molecule has 0 radical (unpaired) electrons. The van der Waals surface area contributed by atoms with Crippen molar-refractivity contribution in [2.45, 2.75) is 18.9 Å². The van der Waals surface area contributed by atoms with Gasteiger partial charge in [-0.3, -0.25) is 0 Å². The normalized spacial score (nSPS) is 15.8. The van der Waals surface area contributed by atoms with Gasteiger partial charge in [-0.15, -0.1) is 17.9 Å². The molecule has 2 heteroatoms. The van der Waals surface area contributed by atoms with Crippen molar-refractivity contribution in [1.82, 2.24) is 0 Å². The average molecular weight is 168 g/mol. The van der Waals surface area contributed by atoms with Crippen LogP contribution >= 0.6 is 11.3 Å². The van der Waals surface area contributed by atoms with E-state index in [1.54, 1.807) is 24.3 Å². The summed E-state index contributed by atoms with van der Waals surface area (Å²) in [7, 11) is 0. The first-order valence-corrected chi connectivity index (χ1v) is 4.40. The molecule has 1 unspecified atom stereocenters. The number of hydrogen-bond acceptors (Lipinski definition) is 2. The van der Waals surface area contributed by atoms with Gasteiger partial charge in [-0.25, -0.2) is 0 Å². The zero-order valence-electron chi connectivity index (χ0n) is 6.58. The topological polar surface area (TPSA) is 20.2 Å². The summed E-state index contributed by atoms with van der Waals surface area (Å²) in [5, 5.41) is 11.6. The van der Waals surface area contributed by atoms with E-state index in [0.29, 0.717) is 6.42 Å². The highest BCUT2D eigenvalue weighted by Gasteiger charge is 2.15. The fourth-order valence-corrected chi connectivity index (χ4v) is 1.70. The van der Waals surface area contributed by atoms with Crippen LogP contribution in [0.15, 0.2) is 30.2 Å². The molecule has 1 atom stereocenters. The van der Waals surface area contributed by atoms with E-state index in [4.69, 9.17) is 0 Å². The maximum absolute atomic E-state index is 9.58. The summed E-state index contributed by atoms with van der Waals surface area (Å²) in [6.45, 7) is 5.33. The molecule has 1 aromatic rings. The lowest BCUT2D eigenvalue weighted by molar-refractivity contribution is 0.113. The van der Waals surface area contributed by atoms with E-state index in [1.165, 1.54) is 4.88 Å². The maximum atomic E-state index is 9.58. The molecule has 1 aromatic heterocycles. The summed E-state index contributed by atoms with van der Waals surface area (Å²) in [5.74, 6) is 0. The number of aliphatic hydroxyl groups is 1. The Bertz CT molecular complexity index is 224. The number of hydrogen-bond donors (Lipinski definition) is 1. The average Bonchev–Trinajstić information content (AvgIpc) is 2.39. The molecule has 0 spiro atoms. The molecule has 0 aromatic carbocycles. The second-order valence-corrected chi connectivity index (χ2v) is 3.85. The molecule has 0 fully saturated rings. The monoisotopic (exact) mass is 168 g/mol. The van der Waals surface area contributed by atoms with Crippen molar-refractivity contribution in [1.29, 1.82) is 0 Å². The SMILES string of the molecule is C=CC(C)(O)Cc1cccs1. The quantitative estimate of drug-likeness (QED) is 0.686. The Kier molecular flexibility index (Phi) is 2.47. The highest BCUT2D eigenvalue weighted by molar-refractivity contribution is 7.09. The highest BCUT2D eigenvalue weighted by Crippen LogP contribution is 2.17. The van der Waals surface area contributed by atoms with Gasteiger partial charge in [-0.1, -0.05) is 12.1 Å². The highest BCUT2D eigenvalue weighted by atomic mass is 32.1. The van der Waals surface area contributed by atoms with Crippen LogP contribution in [0.2, 0.25) is 0 Å². The third-order valence-electron chi connectivity index (χ3n) is 1.55. The van der Waals surface area contributed by atoms with Crippen LogP contribution in [0.4, 0.5) is 0 Å². The Morgan fingerprint density at radius 1 is 1.82 bits per heavy atom. The molecule has 0 aliphatic carbocycles. The first-order chi connectivity index (χ1) is 5.14. The van der Waals surface area contributed by atoms with Gasteiger partial charge in [-0.2, -0.15) is 0 Å². The van der Waals surface area contributed by atoms with Crippen LogP contribution in [0.25, 0.3) is 0 Å². The Morgan fingerprint density at radius 3 is 3.00 bits per heavy atom. The summed E-state index contributed by atoms with van der Waals surface area (Å²) in [6.07, 6.45) is 2.24. The van der Waals surface area contributed by atoms with Gasteiger partial charge in [0.1, 0.15) is 0 Å². The fourth-order valence-electron chi connectivity index (χ4n) is 0.838. The van der Waals surface area contributed by atoms with Crippen LogP contribution in [0.5, 0.6) is 0 Å². The zero-order chi connectivity index (χ0) is 8.32. The molecule has 1 N–H and O–H groups in total. The molecule has 0 saturated carbocycles. The maximum Gasteiger partial charge on any atom is 0.0845 e. The molecule has 60 valence electrons. The molecule has 1 rings (SSSR count). The molecular weight excluding hydrogens is 156 g/mol. The minimum Gasteiger partial charge on any atom is -0.386 e. The van der Waals surface area contributed by atoms with E-state index in [0.717, 1.165) is 0 Å².